The van der Waals surface area contributed by atoms with Gasteiger partial charge in [-0.2, -0.15) is 0 Å². The highest BCUT2D eigenvalue weighted by Gasteiger charge is 2.24. The number of rotatable bonds is 30. The van der Waals surface area contributed by atoms with E-state index in [0.717, 1.165) is 32.1 Å². The van der Waals surface area contributed by atoms with Crippen molar-refractivity contribution < 1.29 is 23.3 Å². The molecule has 0 bridgehead atoms. The van der Waals surface area contributed by atoms with Crippen molar-refractivity contribution in [1.29, 1.82) is 0 Å². The van der Waals surface area contributed by atoms with Crippen LogP contribution in [0.4, 0.5) is 0 Å². The summed E-state index contributed by atoms with van der Waals surface area (Å²) in [4.78, 5) is 22.1. The number of Topliss-reactive ketones (excluding diaryl/α,β-unsaturated/α-hetero) is 1. The summed E-state index contributed by atoms with van der Waals surface area (Å²) in [5.74, 6) is 0.184. The van der Waals surface area contributed by atoms with Crippen molar-refractivity contribution >= 4 is 13.6 Å². The Hall–Kier alpha value is -0.260. The first-order valence-corrected chi connectivity index (χ1v) is 17.3. The zero-order valence-electron chi connectivity index (χ0n) is 24.6. The number of phosphoric ester groups is 1. The van der Waals surface area contributed by atoms with Gasteiger partial charge in [-0.05, 0) is 38.1 Å². The Morgan fingerprint density at radius 3 is 1.65 bits per heavy atom. The quantitative estimate of drug-likeness (QED) is 0.0686. The summed E-state index contributed by atoms with van der Waals surface area (Å²) < 4.78 is 22.4. The molecule has 2 atom stereocenters. The molecule has 0 aliphatic heterocycles. The molecule has 7 heteroatoms. The summed E-state index contributed by atoms with van der Waals surface area (Å²) in [6, 6.07) is 0. The number of ketones is 1. The van der Waals surface area contributed by atoms with Gasteiger partial charge in [-0.15, -0.1) is 0 Å². The van der Waals surface area contributed by atoms with E-state index in [4.69, 9.17) is 14.8 Å². The van der Waals surface area contributed by atoms with Crippen LogP contribution in [0.25, 0.3) is 0 Å². The van der Waals surface area contributed by atoms with Gasteiger partial charge in [0.15, 0.2) is 0 Å². The lowest BCUT2D eigenvalue weighted by molar-refractivity contribution is -0.120. The Bertz CT molecular complexity index is 546. The largest absolute Gasteiger partial charge is 0.472 e. The average Bonchev–Trinajstić information content (AvgIpc) is 2.87. The van der Waals surface area contributed by atoms with Crippen LogP contribution >= 0.6 is 7.82 Å². The van der Waals surface area contributed by atoms with E-state index < -0.39 is 7.82 Å². The molecular weight excluding hydrogens is 485 g/mol. The van der Waals surface area contributed by atoms with Gasteiger partial charge in [-0.1, -0.05) is 123 Å². The minimum Gasteiger partial charge on any atom is -0.330 e. The van der Waals surface area contributed by atoms with Gasteiger partial charge in [0.1, 0.15) is 5.78 Å². The Labute approximate surface area is 229 Å². The van der Waals surface area contributed by atoms with Crippen molar-refractivity contribution in [1.82, 2.24) is 0 Å². The van der Waals surface area contributed by atoms with Crippen molar-refractivity contribution in [2.75, 3.05) is 19.8 Å². The predicted octanol–water partition coefficient (Wildman–Crippen LogP) is 9.28. The van der Waals surface area contributed by atoms with Crippen LogP contribution in [0.15, 0.2) is 0 Å². The molecule has 0 saturated carbocycles. The molecule has 6 nitrogen and oxygen atoms in total. The molecule has 0 radical (unpaired) electrons. The third-order valence-corrected chi connectivity index (χ3v) is 8.07. The van der Waals surface area contributed by atoms with Gasteiger partial charge >= 0.3 is 7.82 Å². The molecule has 0 saturated heterocycles. The molecule has 0 rings (SSSR count). The molecule has 0 heterocycles. The summed E-state index contributed by atoms with van der Waals surface area (Å²) in [6.45, 7) is 5.05. The van der Waals surface area contributed by atoms with Gasteiger partial charge in [-0.3, -0.25) is 13.8 Å². The number of unbranched alkanes of at least 4 members (excludes halogenated alkanes) is 17. The highest BCUT2D eigenvalue weighted by atomic mass is 31.2. The number of hydrogen-bond donors (Lipinski definition) is 2. The second-order valence-electron chi connectivity index (χ2n) is 10.9. The smallest absolute Gasteiger partial charge is 0.330 e. The van der Waals surface area contributed by atoms with E-state index in [2.05, 4.69) is 6.92 Å². The van der Waals surface area contributed by atoms with Gasteiger partial charge in [0, 0.05) is 12.8 Å². The van der Waals surface area contributed by atoms with Crippen molar-refractivity contribution in [3.63, 3.8) is 0 Å². The average molecular weight is 548 g/mol. The number of phosphoric acid groups is 1. The molecule has 37 heavy (non-hydrogen) atoms. The van der Waals surface area contributed by atoms with Crippen LogP contribution in [0.2, 0.25) is 0 Å². The molecule has 222 valence electrons. The summed E-state index contributed by atoms with van der Waals surface area (Å²) >= 11 is 0. The normalized spacial score (nSPS) is 14.1. The number of nitrogens with two attached hydrogens (primary N) is 1. The van der Waals surface area contributed by atoms with Gasteiger partial charge in [-0.25, -0.2) is 4.57 Å². The van der Waals surface area contributed by atoms with E-state index in [1.54, 1.807) is 0 Å². The molecule has 3 N–H and O–H groups in total. The molecule has 0 aliphatic carbocycles. The highest BCUT2D eigenvalue weighted by molar-refractivity contribution is 7.47. The SMILES string of the molecule is CCCCCCCCCCCCCCCCCCCC(COP(=O)(O)OCCCCN)CC(=O)CCC. The fourth-order valence-corrected chi connectivity index (χ4v) is 5.60. The van der Waals surface area contributed by atoms with E-state index in [-0.39, 0.29) is 24.9 Å². The third-order valence-electron chi connectivity index (χ3n) is 7.09. The first-order chi connectivity index (χ1) is 17.9. The lowest BCUT2D eigenvalue weighted by Crippen LogP contribution is -2.15. The summed E-state index contributed by atoms with van der Waals surface area (Å²) in [5, 5.41) is 0. The van der Waals surface area contributed by atoms with Crippen LogP contribution in [-0.4, -0.2) is 30.4 Å². The number of hydrogen-bond acceptors (Lipinski definition) is 5. The molecule has 0 aromatic rings. The zero-order chi connectivity index (χ0) is 27.5. The second-order valence-corrected chi connectivity index (χ2v) is 12.4. The summed E-state index contributed by atoms with van der Waals surface area (Å²) in [6.07, 6.45) is 26.7. The van der Waals surface area contributed by atoms with Gasteiger partial charge in [0.05, 0.1) is 13.2 Å². The third kappa shape index (κ3) is 27.1. The summed E-state index contributed by atoms with van der Waals surface area (Å²) in [7, 11) is -4.07. The first-order valence-electron chi connectivity index (χ1n) is 15.8. The zero-order valence-corrected chi connectivity index (χ0v) is 25.5. The van der Waals surface area contributed by atoms with Gasteiger partial charge in [0.2, 0.25) is 0 Å². The Balaban J connectivity index is 3.85. The maximum atomic E-state index is 12.2. The molecule has 0 spiro atoms. The maximum absolute atomic E-state index is 12.2. The van der Waals surface area contributed by atoms with Crippen molar-refractivity contribution in [2.45, 2.75) is 162 Å². The predicted molar refractivity (Wildman–Crippen MR) is 157 cm³/mol. The van der Waals surface area contributed by atoms with Crippen LogP contribution in [0.5, 0.6) is 0 Å². The van der Waals surface area contributed by atoms with Gasteiger partial charge in [0.25, 0.3) is 0 Å². The minimum absolute atomic E-state index is 0.0245. The lowest BCUT2D eigenvalue weighted by Gasteiger charge is -2.19. The number of carbonyl (C=O) groups excluding carboxylic acids is 1. The molecule has 0 aromatic heterocycles. The van der Waals surface area contributed by atoms with Gasteiger partial charge < -0.3 is 10.6 Å². The Morgan fingerprint density at radius 2 is 1.19 bits per heavy atom. The maximum Gasteiger partial charge on any atom is 0.472 e. The second kappa shape index (κ2) is 27.3. The van der Waals surface area contributed by atoms with Crippen molar-refractivity contribution in [2.24, 2.45) is 11.7 Å². The monoisotopic (exact) mass is 547 g/mol. The van der Waals surface area contributed by atoms with Crippen LogP contribution in [0.3, 0.4) is 0 Å². The standard InChI is InChI=1S/C30H62NO5P/c1-3-5-6-7-8-9-10-11-12-13-14-15-16-17-18-19-20-24-29(27-30(32)23-4-2)28-36-37(33,34)35-26-22-21-25-31/h29H,3-28,31H2,1-2H3,(H,33,34). The van der Waals surface area contributed by atoms with Crippen LogP contribution < -0.4 is 5.73 Å². The van der Waals surface area contributed by atoms with Crippen LogP contribution in [0.1, 0.15) is 162 Å². The van der Waals surface area contributed by atoms with E-state index in [0.29, 0.717) is 25.8 Å². The minimum atomic E-state index is -4.07. The van der Waals surface area contributed by atoms with E-state index >= 15 is 0 Å². The Morgan fingerprint density at radius 1 is 0.703 bits per heavy atom. The molecule has 0 aliphatic rings. The van der Waals surface area contributed by atoms with Crippen LogP contribution in [0, 0.1) is 5.92 Å². The fourth-order valence-electron chi connectivity index (χ4n) is 4.77. The van der Waals surface area contributed by atoms with Crippen molar-refractivity contribution in [3.8, 4) is 0 Å². The fraction of sp³-hybridized carbons (Fsp3) is 0.967. The first kappa shape index (κ1) is 36.7. The molecule has 0 fully saturated rings. The highest BCUT2D eigenvalue weighted by Crippen LogP contribution is 2.44. The van der Waals surface area contributed by atoms with E-state index in [1.807, 2.05) is 6.92 Å². The number of carbonyl (C=O) groups is 1. The Kier molecular flexibility index (Phi) is 27.1. The topological polar surface area (TPSA) is 98.8 Å². The summed E-state index contributed by atoms with van der Waals surface area (Å²) in [5.41, 5.74) is 5.43. The van der Waals surface area contributed by atoms with Crippen molar-refractivity contribution in [3.05, 3.63) is 0 Å². The van der Waals surface area contributed by atoms with Crippen LogP contribution in [-0.2, 0) is 18.4 Å². The van der Waals surface area contributed by atoms with E-state index in [1.165, 1.54) is 96.3 Å². The molecule has 2 unspecified atom stereocenters. The lowest BCUT2D eigenvalue weighted by atomic mass is 9.94. The molecule has 0 amide bonds. The molecule has 0 aromatic carbocycles. The van der Waals surface area contributed by atoms with E-state index in [9.17, 15) is 14.3 Å². The molecular formula is C30H62NO5P.